The van der Waals surface area contributed by atoms with Crippen molar-refractivity contribution in [3.8, 4) is 0 Å². The summed E-state index contributed by atoms with van der Waals surface area (Å²) in [7, 11) is 0. The van der Waals surface area contributed by atoms with Crippen LogP contribution in [0.5, 0.6) is 0 Å². The van der Waals surface area contributed by atoms with Gasteiger partial charge in [-0.2, -0.15) is 18.3 Å². The molecule has 0 aromatic carbocycles. The average Bonchev–Trinajstić information content (AvgIpc) is 2.70. The second kappa shape index (κ2) is 6.05. The predicted octanol–water partition coefficient (Wildman–Crippen LogP) is 3.32. The van der Waals surface area contributed by atoms with E-state index in [-0.39, 0.29) is 13.2 Å². The molecule has 3 nitrogen and oxygen atoms in total. The zero-order chi connectivity index (χ0) is 12.9. The molecule has 1 unspecified atom stereocenters. The molecule has 1 heterocycles. The van der Waals surface area contributed by atoms with Gasteiger partial charge in [0.25, 0.3) is 0 Å². The largest absolute Gasteiger partial charge is 0.391 e. The van der Waals surface area contributed by atoms with Crippen LogP contribution < -0.4 is 0 Å². The highest BCUT2D eigenvalue weighted by atomic mass is 19.4. The van der Waals surface area contributed by atoms with Gasteiger partial charge in [-0.25, -0.2) is 0 Å². The lowest BCUT2D eigenvalue weighted by molar-refractivity contribution is -0.146. The van der Waals surface area contributed by atoms with Crippen molar-refractivity contribution in [2.75, 3.05) is 6.61 Å². The standard InChI is InChI=1S/C11H17F3N2O/c1-3-9(2)16-6-4-10(15-16)8-17-7-5-11(12,13)14/h4,6,9H,3,5,7-8H2,1-2H3. The van der Waals surface area contributed by atoms with E-state index < -0.39 is 12.6 Å². The van der Waals surface area contributed by atoms with E-state index in [2.05, 4.69) is 5.10 Å². The Kier molecular flexibility index (Phi) is 4.99. The summed E-state index contributed by atoms with van der Waals surface area (Å²) < 4.78 is 42.2. The summed E-state index contributed by atoms with van der Waals surface area (Å²) in [4.78, 5) is 0. The van der Waals surface area contributed by atoms with Crippen molar-refractivity contribution in [2.24, 2.45) is 0 Å². The summed E-state index contributed by atoms with van der Waals surface area (Å²) >= 11 is 0. The fourth-order valence-electron chi connectivity index (χ4n) is 1.25. The van der Waals surface area contributed by atoms with Gasteiger partial charge in [0, 0.05) is 12.2 Å². The highest BCUT2D eigenvalue weighted by Gasteiger charge is 2.26. The molecule has 0 fully saturated rings. The Balaban J connectivity index is 2.30. The van der Waals surface area contributed by atoms with Gasteiger partial charge >= 0.3 is 6.18 Å². The average molecular weight is 250 g/mol. The van der Waals surface area contributed by atoms with E-state index in [1.807, 2.05) is 20.0 Å². The number of aromatic nitrogens is 2. The SMILES string of the molecule is CCC(C)n1ccc(COCCC(F)(F)F)n1. The van der Waals surface area contributed by atoms with Crippen LogP contribution in [0.15, 0.2) is 12.3 Å². The van der Waals surface area contributed by atoms with Crippen LogP contribution in [0.2, 0.25) is 0 Å². The zero-order valence-corrected chi connectivity index (χ0v) is 10.00. The first kappa shape index (κ1) is 14.0. The van der Waals surface area contributed by atoms with Gasteiger partial charge < -0.3 is 4.74 Å². The Hall–Kier alpha value is -1.04. The van der Waals surface area contributed by atoms with Crippen molar-refractivity contribution in [1.82, 2.24) is 9.78 Å². The third-order valence-corrected chi connectivity index (χ3v) is 2.49. The number of hydrogen-bond acceptors (Lipinski definition) is 2. The number of rotatable bonds is 6. The number of alkyl halides is 3. The lowest BCUT2D eigenvalue weighted by Gasteiger charge is -2.08. The van der Waals surface area contributed by atoms with Crippen LogP contribution in [-0.4, -0.2) is 22.6 Å². The quantitative estimate of drug-likeness (QED) is 0.724. The molecule has 0 spiro atoms. The summed E-state index contributed by atoms with van der Waals surface area (Å²) in [6, 6.07) is 2.05. The highest BCUT2D eigenvalue weighted by molar-refractivity contribution is 4.97. The van der Waals surface area contributed by atoms with Crippen molar-refractivity contribution in [1.29, 1.82) is 0 Å². The normalized spacial score (nSPS) is 13.9. The molecule has 6 heteroatoms. The molecule has 0 N–H and O–H groups in total. The fourth-order valence-corrected chi connectivity index (χ4v) is 1.25. The van der Waals surface area contributed by atoms with Crippen molar-refractivity contribution in [3.05, 3.63) is 18.0 Å². The van der Waals surface area contributed by atoms with E-state index in [4.69, 9.17) is 4.74 Å². The van der Waals surface area contributed by atoms with Crippen LogP contribution >= 0.6 is 0 Å². The number of halogens is 3. The summed E-state index contributed by atoms with van der Waals surface area (Å²) in [5, 5.41) is 4.23. The molecule has 1 aromatic heterocycles. The first-order chi connectivity index (χ1) is 7.92. The monoisotopic (exact) mass is 250 g/mol. The molecule has 0 aliphatic carbocycles. The smallest absolute Gasteiger partial charge is 0.375 e. The van der Waals surface area contributed by atoms with Crippen molar-refractivity contribution < 1.29 is 17.9 Å². The summed E-state index contributed by atoms with van der Waals surface area (Å²) in [6.45, 7) is 3.88. The van der Waals surface area contributed by atoms with E-state index in [9.17, 15) is 13.2 Å². The Morgan fingerprint density at radius 1 is 1.47 bits per heavy atom. The van der Waals surface area contributed by atoms with Crippen LogP contribution in [0.1, 0.15) is 38.4 Å². The Bertz CT molecular complexity index is 336. The van der Waals surface area contributed by atoms with Crippen LogP contribution in [0.25, 0.3) is 0 Å². The summed E-state index contributed by atoms with van der Waals surface area (Å²) in [6.07, 6.45) is -2.30. The molecular formula is C11H17F3N2O. The molecule has 0 aliphatic heterocycles. The third kappa shape index (κ3) is 5.21. The van der Waals surface area contributed by atoms with Gasteiger partial charge in [0.15, 0.2) is 0 Å². The van der Waals surface area contributed by atoms with Crippen LogP contribution in [-0.2, 0) is 11.3 Å². The first-order valence-corrected chi connectivity index (χ1v) is 5.61. The predicted molar refractivity (Wildman–Crippen MR) is 57.6 cm³/mol. The molecule has 0 saturated carbocycles. The molecule has 0 radical (unpaired) electrons. The van der Waals surface area contributed by atoms with E-state index in [0.717, 1.165) is 6.42 Å². The van der Waals surface area contributed by atoms with Gasteiger partial charge in [0.05, 0.1) is 25.3 Å². The minimum absolute atomic E-state index is 0.125. The fraction of sp³-hybridized carbons (Fsp3) is 0.727. The number of hydrogen-bond donors (Lipinski definition) is 0. The second-order valence-electron chi connectivity index (χ2n) is 3.96. The molecule has 0 aliphatic rings. The Labute approximate surface area is 98.6 Å². The van der Waals surface area contributed by atoms with E-state index >= 15 is 0 Å². The highest BCUT2D eigenvalue weighted by Crippen LogP contribution is 2.19. The molecule has 0 saturated heterocycles. The maximum Gasteiger partial charge on any atom is 0.391 e. The molecule has 98 valence electrons. The Morgan fingerprint density at radius 2 is 2.18 bits per heavy atom. The summed E-state index contributed by atoms with van der Waals surface area (Å²) in [5.41, 5.74) is 0.660. The molecule has 1 rings (SSSR count). The van der Waals surface area contributed by atoms with Crippen LogP contribution in [0, 0.1) is 0 Å². The topological polar surface area (TPSA) is 27.1 Å². The summed E-state index contributed by atoms with van der Waals surface area (Å²) in [5.74, 6) is 0. The lowest BCUT2D eigenvalue weighted by Crippen LogP contribution is -2.11. The van der Waals surface area contributed by atoms with Gasteiger partial charge in [0.2, 0.25) is 0 Å². The van der Waals surface area contributed by atoms with Gasteiger partial charge in [-0.15, -0.1) is 0 Å². The van der Waals surface area contributed by atoms with Crippen molar-refractivity contribution in [2.45, 2.75) is 45.5 Å². The minimum atomic E-state index is -4.16. The molecule has 0 amide bonds. The molecular weight excluding hydrogens is 233 g/mol. The van der Waals surface area contributed by atoms with Gasteiger partial charge in [-0.3, -0.25) is 4.68 Å². The van der Waals surface area contributed by atoms with Gasteiger partial charge in [-0.1, -0.05) is 6.92 Å². The van der Waals surface area contributed by atoms with Gasteiger partial charge in [-0.05, 0) is 19.4 Å². The van der Waals surface area contributed by atoms with E-state index in [1.165, 1.54) is 0 Å². The molecule has 0 bridgehead atoms. The number of nitrogens with zero attached hydrogens (tertiary/aromatic N) is 2. The molecule has 1 atom stereocenters. The van der Waals surface area contributed by atoms with E-state index in [1.54, 1.807) is 10.7 Å². The van der Waals surface area contributed by atoms with Crippen molar-refractivity contribution in [3.63, 3.8) is 0 Å². The Morgan fingerprint density at radius 3 is 2.76 bits per heavy atom. The molecule has 1 aromatic rings. The third-order valence-electron chi connectivity index (χ3n) is 2.49. The maximum atomic E-state index is 11.8. The minimum Gasteiger partial charge on any atom is -0.375 e. The van der Waals surface area contributed by atoms with Gasteiger partial charge in [0.1, 0.15) is 0 Å². The van der Waals surface area contributed by atoms with E-state index in [0.29, 0.717) is 11.7 Å². The molecule has 17 heavy (non-hydrogen) atoms. The van der Waals surface area contributed by atoms with Crippen LogP contribution in [0.4, 0.5) is 13.2 Å². The number of ether oxygens (including phenoxy) is 1. The maximum absolute atomic E-state index is 11.8. The second-order valence-corrected chi connectivity index (χ2v) is 3.96. The zero-order valence-electron chi connectivity index (χ0n) is 10.00. The first-order valence-electron chi connectivity index (χ1n) is 5.61. The lowest BCUT2D eigenvalue weighted by atomic mass is 10.3. The van der Waals surface area contributed by atoms with Crippen molar-refractivity contribution >= 4 is 0 Å². The van der Waals surface area contributed by atoms with Crippen LogP contribution in [0.3, 0.4) is 0 Å².